The molecule has 0 saturated carbocycles. The molecular formula is C12H13ClN4S. The zero-order valence-electron chi connectivity index (χ0n) is 10.1. The van der Waals surface area contributed by atoms with Crippen LogP contribution in [0, 0.1) is 0 Å². The number of pyridine rings is 1. The summed E-state index contributed by atoms with van der Waals surface area (Å²) >= 11 is 7.52. The Bertz CT molecular complexity index is 525. The molecule has 1 N–H and O–H groups in total. The summed E-state index contributed by atoms with van der Waals surface area (Å²) in [5.74, 6) is 1.60. The number of aromatic nitrogens is 3. The molecule has 0 unspecified atom stereocenters. The van der Waals surface area contributed by atoms with Crippen LogP contribution in [-0.4, -0.2) is 22.0 Å². The van der Waals surface area contributed by atoms with Gasteiger partial charge in [-0.2, -0.15) is 0 Å². The van der Waals surface area contributed by atoms with Gasteiger partial charge in [0, 0.05) is 25.7 Å². The molecule has 0 spiro atoms. The van der Waals surface area contributed by atoms with Gasteiger partial charge in [-0.15, -0.1) is 0 Å². The Balaban J connectivity index is 2.31. The van der Waals surface area contributed by atoms with Crippen molar-refractivity contribution in [1.82, 2.24) is 15.0 Å². The minimum atomic E-state index is 0.630. The lowest BCUT2D eigenvalue weighted by Gasteiger charge is -2.06. The normalized spacial score (nSPS) is 10.4. The summed E-state index contributed by atoms with van der Waals surface area (Å²) in [5, 5.41) is 5.25. The van der Waals surface area contributed by atoms with Gasteiger partial charge in [0.1, 0.15) is 21.7 Å². The van der Waals surface area contributed by atoms with Crippen molar-refractivity contribution in [2.45, 2.75) is 23.4 Å². The van der Waals surface area contributed by atoms with Crippen LogP contribution >= 0.6 is 23.4 Å². The molecule has 6 heteroatoms. The van der Waals surface area contributed by atoms with E-state index in [-0.39, 0.29) is 0 Å². The number of nitrogens with one attached hydrogen (secondary N) is 1. The Morgan fingerprint density at radius 2 is 2.22 bits per heavy atom. The van der Waals surface area contributed by atoms with Gasteiger partial charge < -0.3 is 5.32 Å². The van der Waals surface area contributed by atoms with Gasteiger partial charge in [-0.1, -0.05) is 18.5 Å². The molecule has 2 aromatic heterocycles. The molecule has 2 rings (SSSR count). The number of rotatable bonds is 4. The summed E-state index contributed by atoms with van der Waals surface area (Å²) < 4.78 is 0. The van der Waals surface area contributed by atoms with Gasteiger partial charge >= 0.3 is 0 Å². The summed E-state index contributed by atoms with van der Waals surface area (Å²) in [6, 6.07) is 5.51. The lowest BCUT2D eigenvalue weighted by molar-refractivity contribution is 0.890. The Labute approximate surface area is 115 Å². The van der Waals surface area contributed by atoms with Gasteiger partial charge in [0.2, 0.25) is 0 Å². The standard InChI is InChI=1S/C12H13ClN4S/c1-3-9-16-10(14-2)7-11(17-9)18-12-8(13)5-4-6-15-12/h4-7H,3H2,1-2H3,(H,14,16,17). The van der Waals surface area contributed by atoms with E-state index >= 15 is 0 Å². The average molecular weight is 281 g/mol. The minimum Gasteiger partial charge on any atom is -0.373 e. The lowest BCUT2D eigenvalue weighted by Crippen LogP contribution is -2.00. The van der Waals surface area contributed by atoms with E-state index < -0.39 is 0 Å². The van der Waals surface area contributed by atoms with E-state index in [2.05, 4.69) is 20.3 Å². The topological polar surface area (TPSA) is 50.7 Å². The van der Waals surface area contributed by atoms with Crippen molar-refractivity contribution in [3.63, 3.8) is 0 Å². The second-order valence-corrected chi connectivity index (χ2v) is 4.92. The molecule has 0 bridgehead atoms. The van der Waals surface area contributed by atoms with E-state index in [4.69, 9.17) is 11.6 Å². The first-order chi connectivity index (χ1) is 8.72. The lowest BCUT2D eigenvalue weighted by atomic mass is 10.4. The van der Waals surface area contributed by atoms with Crippen molar-refractivity contribution < 1.29 is 0 Å². The van der Waals surface area contributed by atoms with E-state index in [9.17, 15) is 0 Å². The number of halogens is 1. The Hall–Kier alpha value is -1.33. The van der Waals surface area contributed by atoms with E-state index in [1.54, 1.807) is 6.20 Å². The zero-order chi connectivity index (χ0) is 13.0. The Kier molecular flexibility index (Phi) is 4.38. The highest BCUT2D eigenvalue weighted by atomic mass is 35.5. The zero-order valence-corrected chi connectivity index (χ0v) is 11.7. The molecule has 0 fully saturated rings. The summed E-state index contributed by atoms with van der Waals surface area (Å²) in [6.45, 7) is 2.02. The molecule has 2 aromatic rings. The van der Waals surface area contributed by atoms with Crippen molar-refractivity contribution in [3.8, 4) is 0 Å². The second-order valence-electron chi connectivity index (χ2n) is 3.50. The number of aryl methyl sites for hydroxylation is 1. The van der Waals surface area contributed by atoms with E-state index in [1.165, 1.54) is 11.8 Å². The quantitative estimate of drug-likeness (QED) is 0.871. The van der Waals surface area contributed by atoms with Crippen LogP contribution in [0.2, 0.25) is 5.02 Å². The molecule has 0 atom stereocenters. The molecule has 0 aliphatic rings. The second kappa shape index (κ2) is 6.02. The van der Waals surface area contributed by atoms with Crippen LogP contribution in [0.15, 0.2) is 34.4 Å². The van der Waals surface area contributed by atoms with Crippen LogP contribution in [0.4, 0.5) is 5.82 Å². The summed E-state index contributed by atoms with van der Waals surface area (Å²) in [4.78, 5) is 13.0. The maximum Gasteiger partial charge on any atom is 0.131 e. The van der Waals surface area contributed by atoms with Gasteiger partial charge in [0.25, 0.3) is 0 Å². The van der Waals surface area contributed by atoms with Crippen molar-refractivity contribution in [3.05, 3.63) is 35.2 Å². The Morgan fingerprint density at radius 1 is 1.39 bits per heavy atom. The molecule has 0 saturated heterocycles. The van der Waals surface area contributed by atoms with Gasteiger partial charge in [0.15, 0.2) is 0 Å². The maximum absolute atomic E-state index is 6.08. The predicted octanol–water partition coefficient (Wildman–Crippen LogP) is 3.28. The maximum atomic E-state index is 6.08. The fourth-order valence-corrected chi connectivity index (χ4v) is 2.39. The molecule has 94 valence electrons. The SMILES string of the molecule is CCc1nc(NC)cc(Sc2ncccc2Cl)n1. The molecule has 0 aliphatic heterocycles. The molecule has 0 radical (unpaired) electrons. The van der Waals surface area contributed by atoms with Crippen molar-refractivity contribution in [2.75, 3.05) is 12.4 Å². The van der Waals surface area contributed by atoms with Crippen molar-refractivity contribution in [1.29, 1.82) is 0 Å². The third-order valence-corrected chi connectivity index (χ3v) is 3.60. The molecular weight excluding hydrogens is 268 g/mol. The summed E-state index contributed by atoms with van der Waals surface area (Å²) in [5.41, 5.74) is 0. The minimum absolute atomic E-state index is 0.630. The van der Waals surface area contributed by atoms with Crippen LogP contribution in [0.5, 0.6) is 0 Å². The number of hydrogen-bond donors (Lipinski definition) is 1. The Morgan fingerprint density at radius 3 is 2.89 bits per heavy atom. The molecule has 4 nitrogen and oxygen atoms in total. The van der Waals surface area contributed by atoms with Crippen LogP contribution in [-0.2, 0) is 6.42 Å². The van der Waals surface area contributed by atoms with Crippen LogP contribution in [0.1, 0.15) is 12.7 Å². The highest BCUT2D eigenvalue weighted by molar-refractivity contribution is 7.99. The first kappa shape index (κ1) is 13.1. The van der Waals surface area contributed by atoms with Gasteiger partial charge in [0.05, 0.1) is 5.02 Å². The number of hydrogen-bond acceptors (Lipinski definition) is 5. The summed E-state index contributed by atoms with van der Waals surface area (Å²) in [7, 11) is 1.84. The number of nitrogens with zero attached hydrogens (tertiary/aromatic N) is 3. The first-order valence-corrected chi connectivity index (χ1v) is 6.76. The molecule has 2 heterocycles. The highest BCUT2D eigenvalue weighted by Gasteiger charge is 2.07. The van der Waals surface area contributed by atoms with E-state index in [0.29, 0.717) is 5.02 Å². The van der Waals surface area contributed by atoms with E-state index in [1.807, 2.05) is 32.2 Å². The fraction of sp³-hybridized carbons (Fsp3) is 0.250. The third kappa shape index (κ3) is 3.11. The average Bonchev–Trinajstić information content (AvgIpc) is 2.41. The van der Waals surface area contributed by atoms with Crippen LogP contribution in [0.3, 0.4) is 0 Å². The molecule has 0 aromatic carbocycles. The molecule has 18 heavy (non-hydrogen) atoms. The smallest absolute Gasteiger partial charge is 0.131 e. The molecule has 0 aliphatic carbocycles. The molecule has 0 amide bonds. The highest BCUT2D eigenvalue weighted by Crippen LogP contribution is 2.30. The van der Waals surface area contributed by atoms with E-state index in [0.717, 1.165) is 28.1 Å². The predicted molar refractivity (Wildman–Crippen MR) is 74.3 cm³/mol. The van der Waals surface area contributed by atoms with Crippen molar-refractivity contribution >= 4 is 29.2 Å². The van der Waals surface area contributed by atoms with Gasteiger partial charge in [-0.05, 0) is 23.9 Å². The van der Waals surface area contributed by atoms with Crippen LogP contribution < -0.4 is 5.32 Å². The monoisotopic (exact) mass is 280 g/mol. The third-order valence-electron chi connectivity index (χ3n) is 2.25. The first-order valence-electron chi connectivity index (χ1n) is 5.57. The van der Waals surface area contributed by atoms with Crippen LogP contribution in [0.25, 0.3) is 0 Å². The fourth-order valence-electron chi connectivity index (χ4n) is 1.36. The van der Waals surface area contributed by atoms with Crippen molar-refractivity contribution in [2.24, 2.45) is 0 Å². The van der Waals surface area contributed by atoms with Gasteiger partial charge in [-0.25, -0.2) is 15.0 Å². The largest absolute Gasteiger partial charge is 0.373 e. The van der Waals surface area contributed by atoms with Gasteiger partial charge in [-0.3, -0.25) is 0 Å². The summed E-state index contributed by atoms with van der Waals surface area (Å²) in [6.07, 6.45) is 2.51. The number of anilines is 1.